The third kappa shape index (κ3) is 6.80. The SMILES string of the molecule is CN(C)CCOc1ccccc1C(=O)Nc1ccc(CN2CCCC(C(N)=O)C2)cc1. The van der Waals surface area contributed by atoms with E-state index in [0.717, 1.165) is 43.7 Å². The van der Waals surface area contributed by atoms with Gasteiger partial charge in [-0.15, -0.1) is 0 Å². The van der Waals surface area contributed by atoms with E-state index in [1.807, 2.05) is 61.5 Å². The fourth-order valence-corrected chi connectivity index (χ4v) is 3.70. The van der Waals surface area contributed by atoms with Gasteiger partial charge in [0.15, 0.2) is 0 Å². The third-order valence-corrected chi connectivity index (χ3v) is 5.45. The summed E-state index contributed by atoms with van der Waals surface area (Å²) in [5.41, 5.74) is 7.84. The number of carbonyl (C=O) groups is 2. The van der Waals surface area contributed by atoms with E-state index in [1.165, 1.54) is 0 Å². The van der Waals surface area contributed by atoms with E-state index in [0.29, 0.717) is 24.5 Å². The Labute approximate surface area is 184 Å². The molecule has 2 aromatic rings. The highest BCUT2D eigenvalue weighted by atomic mass is 16.5. The molecule has 0 saturated carbocycles. The second-order valence-corrected chi connectivity index (χ2v) is 8.28. The maximum absolute atomic E-state index is 12.8. The van der Waals surface area contributed by atoms with Crippen LogP contribution in [0.5, 0.6) is 5.75 Å². The summed E-state index contributed by atoms with van der Waals surface area (Å²) in [5.74, 6) is 0.0992. The van der Waals surface area contributed by atoms with E-state index < -0.39 is 0 Å². The molecule has 166 valence electrons. The van der Waals surface area contributed by atoms with E-state index in [4.69, 9.17) is 10.5 Å². The minimum atomic E-state index is -0.214. The van der Waals surface area contributed by atoms with E-state index in [1.54, 1.807) is 6.07 Å². The van der Waals surface area contributed by atoms with Crippen LogP contribution in [0.15, 0.2) is 48.5 Å². The number of likely N-dealkylation sites (N-methyl/N-ethyl adjacent to an activating group) is 1. The first-order chi connectivity index (χ1) is 14.9. The Morgan fingerprint density at radius 1 is 1.16 bits per heavy atom. The van der Waals surface area contributed by atoms with Crippen molar-refractivity contribution >= 4 is 17.5 Å². The zero-order valence-corrected chi connectivity index (χ0v) is 18.3. The molecule has 1 saturated heterocycles. The van der Waals surface area contributed by atoms with Crippen molar-refractivity contribution in [3.8, 4) is 5.75 Å². The molecule has 0 aromatic heterocycles. The van der Waals surface area contributed by atoms with Crippen molar-refractivity contribution in [3.63, 3.8) is 0 Å². The smallest absolute Gasteiger partial charge is 0.259 e. The molecule has 31 heavy (non-hydrogen) atoms. The highest BCUT2D eigenvalue weighted by Gasteiger charge is 2.23. The number of nitrogens with two attached hydrogens (primary N) is 1. The summed E-state index contributed by atoms with van der Waals surface area (Å²) in [6.45, 7) is 3.72. The number of hydrogen-bond acceptors (Lipinski definition) is 5. The van der Waals surface area contributed by atoms with Crippen molar-refractivity contribution in [2.24, 2.45) is 11.7 Å². The largest absolute Gasteiger partial charge is 0.491 e. The Morgan fingerprint density at radius 2 is 1.90 bits per heavy atom. The van der Waals surface area contributed by atoms with Crippen molar-refractivity contribution in [1.29, 1.82) is 0 Å². The number of hydrogen-bond donors (Lipinski definition) is 2. The first kappa shape index (κ1) is 22.8. The molecular formula is C24H32N4O3. The third-order valence-electron chi connectivity index (χ3n) is 5.45. The maximum atomic E-state index is 12.8. The highest BCUT2D eigenvalue weighted by molar-refractivity contribution is 6.06. The van der Waals surface area contributed by atoms with Gasteiger partial charge in [0.1, 0.15) is 12.4 Å². The van der Waals surface area contributed by atoms with Gasteiger partial charge in [0.05, 0.1) is 11.5 Å². The first-order valence-corrected chi connectivity index (χ1v) is 10.7. The van der Waals surface area contributed by atoms with Gasteiger partial charge in [0.2, 0.25) is 5.91 Å². The zero-order chi connectivity index (χ0) is 22.2. The number of likely N-dealkylation sites (tertiary alicyclic amines) is 1. The lowest BCUT2D eigenvalue weighted by atomic mass is 9.97. The molecule has 2 aromatic carbocycles. The molecule has 0 radical (unpaired) electrons. The normalized spacial score (nSPS) is 16.8. The Balaban J connectivity index is 1.57. The molecule has 1 atom stereocenters. The van der Waals surface area contributed by atoms with Crippen LogP contribution in [0.1, 0.15) is 28.8 Å². The van der Waals surface area contributed by atoms with Crippen LogP contribution in [-0.4, -0.2) is 62.0 Å². The Morgan fingerprint density at radius 3 is 2.61 bits per heavy atom. The molecular weight excluding hydrogens is 392 g/mol. The molecule has 0 bridgehead atoms. The minimum absolute atomic E-state index is 0.0627. The van der Waals surface area contributed by atoms with Crippen molar-refractivity contribution in [1.82, 2.24) is 9.80 Å². The highest BCUT2D eigenvalue weighted by Crippen LogP contribution is 2.21. The van der Waals surface area contributed by atoms with Gasteiger partial charge in [-0.25, -0.2) is 0 Å². The number of nitrogens with zero attached hydrogens (tertiary/aromatic N) is 2. The van der Waals surface area contributed by atoms with Crippen LogP contribution < -0.4 is 15.8 Å². The summed E-state index contributed by atoms with van der Waals surface area (Å²) in [5, 5.41) is 2.95. The number of piperidine rings is 1. The second-order valence-electron chi connectivity index (χ2n) is 8.28. The molecule has 0 spiro atoms. The molecule has 1 fully saturated rings. The van der Waals surface area contributed by atoms with Gasteiger partial charge in [-0.2, -0.15) is 0 Å². The lowest BCUT2D eigenvalue weighted by molar-refractivity contribution is -0.123. The predicted molar refractivity (Wildman–Crippen MR) is 122 cm³/mol. The van der Waals surface area contributed by atoms with E-state index in [9.17, 15) is 9.59 Å². The van der Waals surface area contributed by atoms with Crippen LogP contribution in [0.25, 0.3) is 0 Å². The number of anilines is 1. The summed E-state index contributed by atoms with van der Waals surface area (Å²) >= 11 is 0. The fraction of sp³-hybridized carbons (Fsp3) is 0.417. The summed E-state index contributed by atoms with van der Waals surface area (Å²) in [7, 11) is 3.96. The molecule has 7 heteroatoms. The molecule has 2 amide bonds. The lowest BCUT2D eigenvalue weighted by Gasteiger charge is -2.31. The molecule has 1 aliphatic rings. The van der Waals surface area contributed by atoms with Gasteiger partial charge >= 0.3 is 0 Å². The molecule has 3 N–H and O–H groups in total. The quantitative estimate of drug-likeness (QED) is 0.646. The zero-order valence-electron chi connectivity index (χ0n) is 18.3. The monoisotopic (exact) mass is 424 g/mol. The van der Waals surface area contributed by atoms with E-state index in [2.05, 4.69) is 10.2 Å². The number of nitrogens with one attached hydrogen (secondary N) is 1. The fourth-order valence-electron chi connectivity index (χ4n) is 3.70. The molecule has 0 aliphatic carbocycles. The second kappa shape index (κ2) is 10.9. The maximum Gasteiger partial charge on any atom is 0.259 e. The van der Waals surface area contributed by atoms with Crippen LogP contribution in [0.3, 0.4) is 0 Å². The standard InChI is InChI=1S/C24H32N4O3/c1-27(2)14-15-31-22-8-4-3-7-21(22)24(30)26-20-11-9-18(10-12-20)16-28-13-5-6-19(17-28)23(25)29/h3-4,7-12,19H,5-6,13-17H2,1-2H3,(H2,25,29)(H,26,30). The summed E-state index contributed by atoms with van der Waals surface area (Å²) in [6, 6.07) is 15.1. The Bertz CT molecular complexity index is 883. The van der Waals surface area contributed by atoms with Crippen molar-refractivity contribution in [2.45, 2.75) is 19.4 Å². The summed E-state index contributed by atoms with van der Waals surface area (Å²) < 4.78 is 5.80. The van der Waals surface area contributed by atoms with Gasteiger partial charge in [-0.3, -0.25) is 14.5 Å². The number of para-hydroxylation sites is 1. The molecule has 3 rings (SSSR count). The van der Waals surface area contributed by atoms with Gasteiger partial charge in [0.25, 0.3) is 5.91 Å². The average molecular weight is 425 g/mol. The van der Waals surface area contributed by atoms with Crippen molar-refractivity contribution in [2.75, 3.05) is 45.7 Å². The number of ether oxygens (including phenoxy) is 1. The molecule has 1 heterocycles. The van der Waals surface area contributed by atoms with Crippen LogP contribution in [-0.2, 0) is 11.3 Å². The van der Waals surface area contributed by atoms with Crippen molar-refractivity contribution < 1.29 is 14.3 Å². The van der Waals surface area contributed by atoms with Crippen molar-refractivity contribution in [3.05, 3.63) is 59.7 Å². The minimum Gasteiger partial charge on any atom is -0.491 e. The number of benzene rings is 2. The Kier molecular flexibility index (Phi) is 8.03. The molecule has 7 nitrogen and oxygen atoms in total. The van der Waals surface area contributed by atoms with Gasteiger partial charge in [-0.05, 0) is 63.3 Å². The van der Waals surface area contributed by atoms with E-state index >= 15 is 0 Å². The van der Waals surface area contributed by atoms with Crippen LogP contribution >= 0.6 is 0 Å². The topological polar surface area (TPSA) is 87.9 Å². The van der Waals surface area contributed by atoms with Gasteiger partial charge in [0, 0.05) is 25.3 Å². The van der Waals surface area contributed by atoms with Crippen LogP contribution in [0.4, 0.5) is 5.69 Å². The number of carbonyl (C=O) groups excluding carboxylic acids is 2. The summed E-state index contributed by atoms with van der Waals surface area (Å²) in [6.07, 6.45) is 1.86. The first-order valence-electron chi connectivity index (χ1n) is 10.7. The number of primary amides is 1. The van der Waals surface area contributed by atoms with Gasteiger partial charge in [-0.1, -0.05) is 24.3 Å². The lowest BCUT2D eigenvalue weighted by Crippen LogP contribution is -2.40. The molecule has 1 aliphatic heterocycles. The van der Waals surface area contributed by atoms with E-state index in [-0.39, 0.29) is 17.7 Å². The Hall–Kier alpha value is -2.90. The average Bonchev–Trinajstić information content (AvgIpc) is 2.75. The molecule has 1 unspecified atom stereocenters. The summed E-state index contributed by atoms with van der Waals surface area (Å²) in [4.78, 5) is 28.5. The van der Waals surface area contributed by atoms with Crippen LogP contribution in [0.2, 0.25) is 0 Å². The number of rotatable bonds is 9. The predicted octanol–water partition coefficient (Wildman–Crippen LogP) is 2.58. The number of amides is 2. The van der Waals surface area contributed by atoms with Crippen LogP contribution in [0, 0.1) is 5.92 Å². The van der Waals surface area contributed by atoms with Gasteiger partial charge < -0.3 is 20.7 Å².